The number of nitrogens with zero attached hydrogens (tertiary/aromatic N) is 1. The maximum Gasteiger partial charge on any atom is 0.263 e. The molecule has 1 saturated carbocycles. The third-order valence-corrected chi connectivity index (χ3v) is 4.70. The SMILES string of the molecule is O=S1(=O)NC(=NC2CCCC2)c2ccccc21. The summed E-state index contributed by atoms with van der Waals surface area (Å²) in [6.45, 7) is 0. The van der Waals surface area contributed by atoms with Gasteiger partial charge in [0.05, 0.1) is 10.9 Å². The Morgan fingerprint density at radius 2 is 1.88 bits per heavy atom. The fraction of sp³-hybridized carbons (Fsp3) is 0.417. The first-order valence-electron chi connectivity index (χ1n) is 5.87. The standard InChI is InChI=1S/C12H14N2O2S/c15-17(16)11-8-4-3-7-10(11)12(14-17)13-9-5-1-2-6-9/h3-4,7-9H,1-2,5-6H2,(H,13,14). The number of benzene rings is 1. The van der Waals surface area contributed by atoms with Gasteiger partial charge in [0, 0.05) is 5.56 Å². The van der Waals surface area contributed by atoms with Crippen LogP contribution in [0.1, 0.15) is 31.2 Å². The zero-order valence-electron chi connectivity index (χ0n) is 9.39. The number of hydrogen-bond donors (Lipinski definition) is 1. The maximum atomic E-state index is 11.8. The van der Waals surface area contributed by atoms with Crippen LogP contribution in [0.5, 0.6) is 0 Å². The van der Waals surface area contributed by atoms with Crippen LogP contribution in [0.25, 0.3) is 0 Å². The molecule has 4 nitrogen and oxygen atoms in total. The Balaban J connectivity index is 2.04. The molecular formula is C12H14N2O2S. The van der Waals surface area contributed by atoms with Gasteiger partial charge in [0.15, 0.2) is 0 Å². The van der Waals surface area contributed by atoms with E-state index in [1.807, 2.05) is 6.07 Å². The molecule has 1 aliphatic heterocycles. The van der Waals surface area contributed by atoms with Gasteiger partial charge in [-0.25, -0.2) is 8.42 Å². The molecule has 1 aliphatic carbocycles. The molecule has 0 bridgehead atoms. The highest BCUT2D eigenvalue weighted by Gasteiger charge is 2.31. The topological polar surface area (TPSA) is 58.5 Å². The molecule has 0 aromatic heterocycles. The van der Waals surface area contributed by atoms with E-state index in [0.29, 0.717) is 16.3 Å². The third kappa shape index (κ3) is 1.84. The van der Waals surface area contributed by atoms with E-state index in [0.717, 1.165) is 12.8 Å². The number of aliphatic imine (C=N–C) groups is 1. The zero-order chi connectivity index (χ0) is 11.9. The van der Waals surface area contributed by atoms with Gasteiger partial charge in [-0.05, 0) is 25.0 Å². The van der Waals surface area contributed by atoms with Crippen LogP contribution in [-0.4, -0.2) is 20.3 Å². The van der Waals surface area contributed by atoms with Crippen molar-refractivity contribution >= 4 is 15.9 Å². The number of fused-ring (bicyclic) bond motifs is 1. The first kappa shape index (κ1) is 10.8. The summed E-state index contributed by atoms with van der Waals surface area (Å²) in [7, 11) is -3.38. The summed E-state index contributed by atoms with van der Waals surface area (Å²) in [6.07, 6.45) is 4.51. The molecule has 0 radical (unpaired) electrons. The van der Waals surface area contributed by atoms with Gasteiger partial charge >= 0.3 is 0 Å². The molecule has 0 saturated heterocycles. The van der Waals surface area contributed by atoms with Crippen molar-refractivity contribution in [3.05, 3.63) is 29.8 Å². The minimum atomic E-state index is -3.38. The van der Waals surface area contributed by atoms with Gasteiger partial charge in [-0.2, -0.15) is 0 Å². The minimum Gasteiger partial charge on any atom is -0.264 e. The predicted molar refractivity (Wildman–Crippen MR) is 65.6 cm³/mol. The molecule has 1 fully saturated rings. The van der Waals surface area contributed by atoms with Crippen LogP contribution in [-0.2, 0) is 10.0 Å². The second-order valence-electron chi connectivity index (χ2n) is 4.52. The summed E-state index contributed by atoms with van der Waals surface area (Å²) in [5.41, 5.74) is 0.708. The lowest BCUT2D eigenvalue weighted by molar-refractivity contribution is 0.595. The zero-order valence-corrected chi connectivity index (χ0v) is 10.2. The third-order valence-electron chi connectivity index (χ3n) is 3.30. The van der Waals surface area contributed by atoms with E-state index in [-0.39, 0.29) is 6.04 Å². The summed E-state index contributed by atoms with van der Waals surface area (Å²) in [5.74, 6) is 0.521. The first-order chi connectivity index (χ1) is 8.17. The Labute approximate surface area is 101 Å². The molecule has 1 N–H and O–H groups in total. The van der Waals surface area contributed by atoms with Crippen molar-refractivity contribution in [1.29, 1.82) is 0 Å². The van der Waals surface area contributed by atoms with Crippen molar-refractivity contribution < 1.29 is 8.42 Å². The van der Waals surface area contributed by atoms with Crippen molar-refractivity contribution in [2.24, 2.45) is 4.99 Å². The number of hydrogen-bond acceptors (Lipinski definition) is 3. The van der Waals surface area contributed by atoms with Gasteiger partial charge in [0.1, 0.15) is 5.84 Å². The van der Waals surface area contributed by atoms with E-state index in [2.05, 4.69) is 9.71 Å². The Kier molecular flexibility index (Phi) is 2.43. The Bertz CT molecular complexity index is 572. The smallest absolute Gasteiger partial charge is 0.263 e. The average Bonchev–Trinajstić information content (AvgIpc) is 2.88. The van der Waals surface area contributed by atoms with Gasteiger partial charge in [-0.15, -0.1) is 0 Å². The summed E-state index contributed by atoms with van der Waals surface area (Å²) in [4.78, 5) is 4.88. The molecule has 3 rings (SSSR count). The van der Waals surface area contributed by atoms with Crippen molar-refractivity contribution in [1.82, 2.24) is 4.72 Å². The van der Waals surface area contributed by atoms with Crippen molar-refractivity contribution in [3.63, 3.8) is 0 Å². The lowest BCUT2D eigenvalue weighted by atomic mass is 10.2. The summed E-state index contributed by atoms with van der Waals surface area (Å²) >= 11 is 0. The molecule has 2 aliphatic rings. The van der Waals surface area contributed by atoms with Gasteiger partial charge in [-0.3, -0.25) is 9.71 Å². The number of rotatable bonds is 1. The Hall–Kier alpha value is -1.36. The molecule has 1 aromatic rings. The van der Waals surface area contributed by atoms with Crippen molar-refractivity contribution in [2.75, 3.05) is 0 Å². The maximum absolute atomic E-state index is 11.8. The van der Waals surface area contributed by atoms with E-state index in [9.17, 15) is 8.42 Å². The Morgan fingerprint density at radius 3 is 2.65 bits per heavy atom. The lowest BCUT2D eigenvalue weighted by Gasteiger charge is -2.04. The Morgan fingerprint density at radius 1 is 1.18 bits per heavy atom. The van der Waals surface area contributed by atoms with Crippen molar-refractivity contribution in [2.45, 2.75) is 36.6 Å². The van der Waals surface area contributed by atoms with E-state index < -0.39 is 10.0 Å². The van der Waals surface area contributed by atoms with E-state index in [1.54, 1.807) is 18.2 Å². The number of nitrogens with one attached hydrogen (secondary N) is 1. The van der Waals surface area contributed by atoms with Crippen molar-refractivity contribution in [3.8, 4) is 0 Å². The fourth-order valence-electron chi connectivity index (χ4n) is 2.45. The lowest BCUT2D eigenvalue weighted by Crippen LogP contribution is -2.23. The molecule has 1 heterocycles. The molecule has 0 atom stereocenters. The molecule has 1 aromatic carbocycles. The van der Waals surface area contributed by atoms with E-state index in [1.165, 1.54) is 12.8 Å². The summed E-state index contributed by atoms with van der Waals surface area (Å²) < 4.78 is 26.2. The van der Waals surface area contributed by atoms with Gasteiger partial charge < -0.3 is 0 Å². The van der Waals surface area contributed by atoms with Gasteiger partial charge in [0.2, 0.25) is 0 Å². The molecule has 0 amide bonds. The van der Waals surface area contributed by atoms with Gasteiger partial charge in [0.25, 0.3) is 10.0 Å². The molecular weight excluding hydrogens is 236 g/mol. The molecule has 5 heteroatoms. The van der Waals surface area contributed by atoms with Gasteiger partial charge in [-0.1, -0.05) is 25.0 Å². The van der Waals surface area contributed by atoms with E-state index in [4.69, 9.17) is 0 Å². The van der Waals surface area contributed by atoms with Crippen LogP contribution >= 0.6 is 0 Å². The molecule has 17 heavy (non-hydrogen) atoms. The van der Waals surface area contributed by atoms with Crippen LogP contribution in [0.4, 0.5) is 0 Å². The predicted octanol–water partition coefficient (Wildman–Crippen LogP) is 1.67. The van der Waals surface area contributed by atoms with Crippen LogP contribution in [0.2, 0.25) is 0 Å². The van der Waals surface area contributed by atoms with Crippen LogP contribution < -0.4 is 4.72 Å². The highest BCUT2D eigenvalue weighted by Crippen LogP contribution is 2.26. The van der Waals surface area contributed by atoms with E-state index >= 15 is 0 Å². The number of amidine groups is 1. The largest absolute Gasteiger partial charge is 0.264 e. The number of sulfonamides is 1. The normalized spacial score (nSPS) is 24.8. The second kappa shape index (κ2) is 3.84. The fourth-order valence-corrected chi connectivity index (χ4v) is 3.68. The first-order valence-corrected chi connectivity index (χ1v) is 7.35. The molecule has 0 spiro atoms. The molecule has 0 unspecified atom stereocenters. The summed E-state index contributed by atoms with van der Waals surface area (Å²) in [6, 6.07) is 7.27. The quantitative estimate of drug-likeness (QED) is 0.824. The monoisotopic (exact) mass is 250 g/mol. The minimum absolute atomic E-state index is 0.277. The average molecular weight is 250 g/mol. The summed E-state index contributed by atoms with van der Waals surface area (Å²) in [5, 5.41) is 0. The highest BCUT2D eigenvalue weighted by atomic mass is 32.2. The second-order valence-corrected chi connectivity index (χ2v) is 6.17. The molecule has 90 valence electrons. The van der Waals surface area contributed by atoms with Crippen LogP contribution in [0, 0.1) is 0 Å². The van der Waals surface area contributed by atoms with Crippen LogP contribution in [0.15, 0.2) is 34.2 Å². The van der Waals surface area contributed by atoms with Crippen LogP contribution in [0.3, 0.4) is 0 Å². The highest BCUT2D eigenvalue weighted by molar-refractivity contribution is 7.90.